The van der Waals surface area contributed by atoms with Crippen molar-refractivity contribution in [2.45, 2.75) is 44.4 Å². The number of hydrogen-bond acceptors (Lipinski definition) is 7. The Labute approximate surface area is 207 Å². The molecule has 0 aliphatic carbocycles. The number of anilines is 2. The maximum absolute atomic E-state index is 15.1. The van der Waals surface area contributed by atoms with Crippen LogP contribution in [-0.4, -0.2) is 31.4 Å². The summed E-state index contributed by atoms with van der Waals surface area (Å²) in [6.07, 6.45) is -3.49. The highest BCUT2D eigenvalue weighted by atomic mass is 32.1. The van der Waals surface area contributed by atoms with E-state index < -0.39 is 51.4 Å². The van der Waals surface area contributed by atoms with Crippen LogP contribution in [0.4, 0.5) is 28.9 Å². The number of alkyl halides is 3. The Bertz CT molecular complexity index is 1510. The molecule has 1 amide bonds. The van der Waals surface area contributed by atoms with Gasteiger partial charge in [-0.1, -0.05) is 6.92 Å². The van der Waals surface area contributed by atoms with Crippen molar-refractivity contribution in [1.82, 2.24) is 9.38 Å². The molecule has 1 atom stereocenters. The van der Waals surface area contributed by atoms with Crippen LogP contribution in [0.15, 0.2) is 35.3 Å². The van der Waals surface area contributed by atoms with Gasteiger partial charge < -0.3 is 10.0 Å². The average molecular weight is 521 g/mol. The molecule has 1 unspecified atom stereocenters. The van der Waals surface area contributed by atoms with E-state index in [0.717, 1.165) is 21.4 Å². The molecular formula is C23H19F4N5O3S. The number of rotatable bonds is 3. The second-order valence-corrected chi connectivity index (χ2v) is 9.06. The molecule has 0 radical (unpaired) electrons. The summed E-state index contributed by atoms with van der Waals surface area (Å²) >= 11 is 4.45. The Morgan fingerprint density at radius 1 is 1.22 bits per heavy atom. The minimum atomic E-state index is -4.85. The lowest BCUT2D eigenvalue weighted by Crippen LogP contribution is -2.45. The Morgan fingerprint density at radius 2 is 1.89 bits per heavy atom. The number of carbonyl (C=O) groups is 1. The lowest BCUT2D eigenvalue weighted by molar-refractivity contribution is -0.137. The molecule has 1 aromatic carbocycles. The molecule has 36 heavy (non-hydrogen) atoms. The van der Waals surface area contributed by atoms with E-state index in [0.29, 0.717) is 6.07 Å². The monoisotopic (exact) mass is 521 g/mol. The molecule has 4 rings (SSSR count). The van der Waals surface area contributed by atoms with Crippen molar-refractivity contribution in [3.63, 3.8) is 0 Å². The van der Waals surface area contributed by atoms with E-state index in [-0.39, 0.29) is 29.1 Å². The SMILES string of the molecule is CCc1nc2c(F)cc(N3C(S)N(c4ccc(C#N)c(C(F)(F)F)c4)C(=O)C3(C)C)cn2c(=O)c1O. The van der Waals surface area contributed by atoms with Gasteiger partial charge in [-0.25, -0.2) is 9.37 Å². The van der Waals surface area contributed by atoms with E-state index in [4.69, 9.17) is 5.26 Å². The number of thiol groups is 1. The topological polar surface area (TPSA) is 102 Å². The van der Waals surface area contributed by atoms with E-state index in [1.54, 1.807) is 6.92 Å². The number of carbonyl (C=O) groups excluding carboxylic acids is 1. The molecule has 0 saturated carbocycles. The normalized spacial score (nSPS) is 17.6. The summed E-state index contributed by atoms with van der Waals surface area (Å²) < 4.78 is 56.4. The highest BCUT2D eigenvalue weighted by Gasteiger charge is 2.52. The van der Waals surface area contributed by atoms with Crippen molar-refractivity contribution in [3.8, 4) is 11.8 Å². The molecule has 13 heteroatoms. The molecule has 1 saturated heterocycles. The average Bonchev–Trinajstić information content (AvgIpc) is 2.98. The highest BCUT2D eigenvalue weighted by Crippen LogP contribution is 2.42. The molecule has 188 valence electrons. The summed E-state index contributed by atoms with van der Waals surface area (Å²) in [7, 11) is 0. The van der Waals surface area contributed by atoms with Crippen molar-refractivity contribution in [2.24, 2.45) is 0 Å². The zero-order valence-electron chi connectivity index (χ0n) is 19.1. The van der Waals surface area contributed by atoms with E-state index in [9.17, 15) is 27.9 Å². The summed E-state index contributed by atoms with van der Waals surface area (Å²) in [6, 6.07) is 5.33. The minimum Gasteiger partial charge on any atom is -0.502 e. The summed E-state index contributed by atoms with van der Waals surface area (Å²) in [5.74, 6) is -2.22. The Hall–Kier alpha value is -3.79. The number of nitriles is 1. The smallest absolute Gasteiger partial charge is 0.417 e. The second kappa shape index (κ2) is 8.41. The molecule has 0 spiro atoms. The summed E-state index contributed by atoms with van der Waals surface area (Å²) in [4.78, 5) is 32.3. The quantitative estimate of drug-likeness (QED) is 0.401. The first-order valence-corrected chi connectivity index (χ1v) is 11.1. The lowest BCUT2D eigenvalue weighted by atomic mass is 10.0. The number of aromatic nitrogens is 2. The van der Waals surface area contributed by atoms with Gasteiger partial charge in [-0.15, -0.1) is 12.6 Å². The maximum Gasteiger partial charge on any atom is 0.417 e. The van der Waals surface area contributed by atoms with Crippen LogP contribution in [0.1, 0.15) is 37.6 Å². The molecule has 1 N–H and O–H groups in total. The van der Waals surface area contributed by atoms with Gasteiger partial charge in [0.2, 0.25) is 5.75 Å². The van der Waals surface area contributed by atoms with Crippen molar-refractivity contribution in [1.29, 1.82) is 5.26 Å². The third-order valence-corrected chi connectivity index (χ3v) is 6.50. The van der Waals surface area contributed by atoms with Crippen LogP contribution in [0, 0.1) is 17.1 Å². The maximum atomic E-state index is 15.1. The van der Waals surface area contributed by atoms with Crippen LogP contribution in [0.2, 0.25) is 0 Å². The van der Waals surface area contributed by atoms with Gasteiger partial charge >= 0.3 is 6.18 Å². The fourth-order valence-electron chi connectivity index (χ4n) is 4.23. The van der Waals surface area contributed by atoms with Gasteiger partial charge in [-0.05, 0) is 38.5 Å². The van der Waals surface area contributed by atoms with Crippen molar-refractivity contribution in [3.05, 3.63) is 63.5 Å². The zero-order valence-corrected chi connectivity index (χ0v) is 20.0. The first-order valence-electron chi connectivity index (χ1n) is 10.6. The predicted octanol–water partition coefficient (Wildman–Crippen LogP) is 3.84. The van der Waals surface area contributed by atoms with Gasteiger partial charge in [0.05, 0.1) is 28.6 Å². The van der Waals surface area contributed by atoms with Gasteiger partial charge in [-0.2, -0.15) is 18.4 Å². The number of nitrogens with zero attached hydrogens (tertiary/aromatic N) is 5. The summed E-state index contributed by atoms with van der Waals surface area (Å²) in [5.41, 5.74) is -5.91. The van der Waals surface area contributed by atoms with E-state index in [2.05, 4.69) is 17.6 Å². The highest BCUT2D eigenvalue weighted by molar-refractivity contribution is 7.81. The van der Waals surface area contributed by atoms with Crippen LogP contribution < -0.4 is 15.4 Å². The van der Waals surface area contributed by atoms with Gasteiger partial charge in [0, 0.05) is 18.0 Å². The Kier molecular flexibility index (Phi) is 5.91. The molecule has 1 aliphatic heterocycles. The van der Waals surface area contributed by atoms with Crippen molar-refractivity contribution < 1.29 is 27.5 Å². The zero-order chi connectivity index (χ0) is 26.7. The molecule has 3 heterocycles. The first kappa shape index (κ1) is 25.3. The van der Waals surface area contributed by atoms with Crippen LogP contribution >= 0.6 is 12.6 Å². The Balaban J connectivity index is 1.88. The number of aromatic hydroxyl groups is 1. The van der Waals surface area contributed by atoms with Crippen molar-refractivity contribution >= 4 is 35.6 Å². The molecule has 1 fully saturated rings. The molecule has 1 aliphatic rings. The standard InChI is InChI=1S/C23H19F4N5O3S/c1-4-16-17(33)19(34)30-10-13(8-15(24)18(30)29-16)32-21(36)31(20(35)22(32,2)3)12-6-5-11(9-28)14(7-12)23(25,26)27/h5-8,10,21,33,36H,4H2,1-3H3. The number of amides is 1. The van der Waals surface area contributed by atoms with E-state index in [1.165, 1.54) is 37.1 Å². The van der Waals surface area contributed by atoms with Crippen LogP contribution in [-0.2, 0) is 17.4 Å². The molecule has 3 aromatic rings. The van der Waals surface area contributed by atoms with Gasteiger partial charge in [0.15, 0.2) is 17.0 Å². The lowest BCUT2D eigenvalue weighted by Gasteiger charge is -2.33. The predicted molar refractivity (Wildman–Crippen MR) is 125 cm³/mol. The fraction of sp³-hybridized carbons (Fsp3) is 0.304. The van der Waals surface area contributed by atoms with Crippen molar-refractivity contribution in [2.75, 3.05) is 9.80 Å². The van der Waals surface area contributed by atoms with Crippen LogP contribution in [0.5, 0.6) is 5.75 Å². The molecular weight excluding hydrogens is 502 g/mol. The number of aryl methyl sites for hydroxylation is 1. The first-order chi connectivity index (χ1) is 16.7. The minimum absolute atomic E-state index is 0.00177. The largest absolute Gasteiger partial charge is 0.502 e. The number of pyridine rings is 1. The Morgan fingerprint density at radius 3 is 2.47 bits per heavy atom. The van der Waals surface area contributed by atoms with Gasteiger partial charge in [0.1, 0.15) is 5.54 Å². The third-order valence-electron chi connectivity index (χ3n) is 6.04. The molecule has 2 aromatic heterocycles. The second-order valence-electron chi connectivity index (χ2n) is 8.60. The summed E-state index contributed by atoms with van der Waals surface area (Å²) in [5, 5.41) is 19.2. The number of hydrogen-bond donors (Lipinski definition) is 2. The molecule has 0 bridgehead atoms. The summed E-state index contributed by atoms with van der Waals surface area (Å²) in [6.45, 7) is 4.57. The van der Waals surface area contributed by atoms with E-state index in [1.807, 2.05) is 0 Å². The van der Waals surface area contributed by atoms with Gasteiger partial charge in [0.25, 0.3) is 11.5 Å². The number of fused-ring (bicyclic) bond motifs is 1. The van der Waals surface area contributed by atoms with Crippen LogP contribution in [0.3, 0.4) is 0 Å². The van der Waals surface area contributed by atoms with E-state index >= 15 is 4.39 Å². The molecule has 8 nitrogen and oxygen atoms in total. The third kappa shape index (κ3) is 3.72. The van der Waals surface area contributed by atoms with Gasteiger partial charge in [-0.3, -0.25) is 18.9 Å². The van der Waals surface area contributed by atoms with Crippen LogP contribution in [0.25, 0.3) is 5.65 Å². The number of halogens is 4. The fourth-order valence-corrected chi connectivity index (χ4v) is 4.89. The number of benzene rings is 1.